The molecule has 0 aliphatic heterocycles. The maximum absolute atomic E-state index is 13.0. The smallest absolute Gasteiger partial charge is 0.252 e. The van der Waals surface area contributed by atoms with Crippen LogP contribution in [0.4, 0.5) is 4.39 Å². The Morgan fingerprint density at radius 2 is 1.89 bits per heavy atom. The van der Waals surface area contributed by atoms with Crippen LogP contribution >= 0.6 is 34.5 Å². The predicted octanol–water partition coefficient (Wildman–Crippen LogP) is 4.86. The molecule has 0 N–H and O–H groups in total. The minimum atomic E-state index is -0.342. The van der Waals surface area contributed by atoms with Gasteiger partial charge in [0.2, 0.25) is 0 Å². The highest BCUT2D eigenvalue weighted by Crippen LogP contribution is 2.31. The molecule has 27 heavy (non-hydrogen) atoms. The monoisotopic (exact) mass is 426 g/mol. The van der Waals surface area contributed by atoms with Crippen LogP contribution in [0.15, 0.2) is 41.4 Å². The third-order valence-corrected chi connectivity index (χ3v) is 5.72. The molecule has 142 valence electrons. The van der Waals surface area contributed by atoms with Crippen LogP contribution < -0.4 is 4.80 Å². The Morgan fingerprint density at radius 1 is 1.19 bits per heavy atom. The Balaban J connectivity index is 2.00. The van der Waals surface area contributed by atoms with Crippen molar-refractivity contribution in [2.75, 3.05) is 13.2 Å². The summed E-state index contributed by atoms with van der Waals surface area (Å²) in [5.74, 6) is -0.670. The van der Waals surface area contributed by atoms with Gasteiger partial charge in [-0.25, -0.2) is 4.39 Å². The normalized spacial score (nSPS) is 12.1. The van der Waals surface area contributed by atoms with E-state index in [-0.39, 0.29) is 18.1 Å². The third kappa shape index (κ3) is 4.76. The van der Waals surface area contributed by atoms with Crippen molar-refractivity contribution in [2.45, 2.75) is 19.9 Å². The van der Waals surface area contributed by atoms with Crippen molar-refractivity contribution in [1.29, 1.82) is 0 Å². The van der Waals surface area contributed by atoms with Gasteiger partial charge in [0.1, 0.15) is 5.82 Å². The first-order chi connectivity index (χ1) is 13.0. The van der Waals surface area contributed by atoms with Gasteiger partial charge in [-0.1, -0.05) is 46.7 Å². The van der Waals surface area contributed by atoms with Crippen LogP contribution in [-0.2, 0) is 22.5 Å². The summed E-state index contributed by atoms with van der Waals surface area (Å²) in [6.45, 7) is 3.46. The first-order valence-electron chi connectivity index (χ1n) is 8.36. The molecule has 0 aliphatic rings. The molecule has 0 saturated heterocycles. The highest BCUT2D eigenvalue weighted by atomic mass is 35.5. The highest BCUT2D eigenvalue weighted by Gasteiger charge is 2.14. The first-order valence-corrected chi connectivity index (χ1v) is 9.94. The number of halogens is 3. The maximum atomic E-state index is 13.0. The van der Waals surface area contributed by atoms with E-state index in [9.17, 15) is 9.18 Å². The molecule has 0 radical (unpaired) electrons. The molecule has 3 rings (SSSR count). The van der Waals surface area contributed by atoms with Gasteiger partial charge in [-0.05, 0) is 36.8 Å². The topological polar surface area (TPSA) is 43.6 Å². The van der Waals surface area contributed by atoms with Crippen LogP contribution in [0.5, 0.6) is 0 Å². The molecule has 0 saturated carbocycles. The molecule has 0 unspecified atom stereocenters. The number of hydrogen-bond donors (Lipinski definition) is 0. The van der Waals surface area contributed by atoms with E-state index in [1.54, 1.807) is 24.3 Å². The zero-order valence-electron chi connectivity index (χ0n) is 14.5. The average molecular weight is 427 g/mol. The summed E-state index contributed by atoms with van der Waals surface area (Å²) in [4.78, 5) is 17.2. The van der Waals surface area contributed by atoms with E-state index in [0.29, 0.717) is 40.2 Å². The maximum Gasteiger partial charge on any atom is 0.252 e. The number of hydrogen-bond acceptors (Lipinski definition) is 3. The lowest BCUT2D eigenvalue weighted by molar-refractivity contribution is -0.117. The van der Waals surface area contributed by atoms with E-state index in [1.807, 2.05) is 11.5 Å². The van der Waals surface area contributed by atoms with Crippen LogP contribution in [0.3, 0.4) is 0 Å². The van der Waals surface area contributed by atoms with Crippen LogP contribution in [0, 0.1) is 5.82 Å². The zero-order chi connectivity index (χ0) is 19.4. The molecule has 0 aliphatic carbocycles. The fraction of sp³-hybridized carbons (Fsp3) is 0.263. The van der Waals surface area contributed by atoms with E-state index in [1.165, 1.54) is 23.5 Å². The molecule has 0 bridgehead atoms. The van der Waals surface area contributed by atoms with Gasteiger partial charge in [0.15, 0.2) is 4.80 Å². The van der Waals surface area contributed by atoms with Gasteiger partial charge in [-0.15, -0.1) is 0 Å². The zero-order valence-corrected chi connectivity index (χ0v) is 16.9. The molecule has 0 fully saturated rings. The molecule has 8 heteroatoms. The highest BCUT2D eigenvalue weighted by molar-refractivity contribution is 7.17. The molecule has 3 aromatic rings. The third-order valence-electron chi connectivity index (χ3n) is 3.88. The van der Waals surface area contributed by atoms with Gasteiger partial charge in [0.25, 0.3) is 5.91 Å². The summed E-state index contributed by atoms with van der Waals surface area (Å²) >= 11 is 14.0. The number of nitrogens with zero attached hydrogens (tertiary/aromatic N) is 2. The van der Waals surface area contributed by atoms with Crippen molar-refractivity contribution in [3.8, 4) is 0 Å². The van der Waals surface area contributed by atoms with Gasteiger partial charge >= 0.3 is 0 Å². The van der Waals surface area contributed by atoms with Crippen molar-refractivity contribution >= 4 is 50.7 Å². The Kier molecular flexibility index (Phi) is 6.65. The van der Waals surface area contributed by atoms with Gasteiger partial charge in [0, 0.05) is 13.2 Å². The second kappa shape index (κ2) is 8.97. The Hall–Kier alpha value is -1.73. The molecule has 1 amide bonds. The largest absolute Gasteiger partial charge is 0.380 e. The summed E-state index contributed by atoms with van der Waals surface area (Å²) in [6, 6.07) is 9.24. The fourth-order valence-electron chi connectivity index (χ4n) is 2.63. The molecule has 0 spiro atoms. The van der Waals surface area contributed by atoms with Crippen molar-refractivity contribution in [3.63, 3.8) is 0 Å². The SMILES string of the molecule is CCOCCn1c(=NC(=O)Cc2ccc(F)cc2)sc2c(Cl)ccc(Cl)c21. The molecule has 2 aromatic carbocycles. The number of rotatable bonds is 6. The molecule has 1 aromatic heterocycles. The number of benzene rings is 2. The lowest BCUT2D eigenvalue weighted by Gasteiger charge is -2.07. The van der Waals surface area contributed by atoms with E-state index >= 15 is 0 Å². The van der Waals surface area contributed by atoms with Crippen LogP contribution in [0.1, 0.15) is 12.5 Å². The van der Waals surface area contributed by atoms with Crippen molar-refractivity contribution in [2.24, 2.45) is 4.99 Å². The van der Waals surface area contributed by atoms with Crippen LogP contribution in [0.25, 0.3) is 10.2 Å². The summed E-state index contributed by atoms with van der Waals surface area (Å²) in [5, 5.41) is 1.09. The summed E-state index contributed by atoms with van der Waals surface area (Å²) < 4.78 is 21.1. The quantitative estimate of drug-likeness (QED) is 0.528. The number of aromatic nitrogens is 1. The molecule has 0 atom stereocenters. The number of amides is 1. The summed E-state index contributed by atoms with van der Waals surface area (Å²) in [7, 11) is 0. The number of carbonyl (C=O) groups excluding carboxylic acids is 1. The molecular formula is C19H17Cl2FN2O2S. The standard InChI is InChI=1S/C19H17Cl2FN2O2S/c1-2-26-10-9-24-17-14(20)7-8-15(21)18(17)27-19(24)23-16(25)11-12-3-5-13(22)6-4-12/h3-8H,2,9-11H2,1H3. The lowest BCUT2D eigenvalue weighted by atomic mass is 10.1. The molecule has 4 nitrogen and oxygen atoms in total. The summed E-state index contributed by atoms with van der Waals surface area (Å²) in [5.41, 5.74) is 1.44. The number of carbonyl (C=O) groups is 1. The van der Waals surface area contributed by atoms with Gasteiger partial charge in [-0.3, -0.25) is 4.79 Å². The Labute approximate surface area is 169 Å². The van der Waals surface area contributed by atoms with E-state index in [0.717, 1.165) is 10.2 Å². The van der Waals surface area contributed by atoms with Crippen molar-refractivity contribution in [1.82, 2.24) is 4.57 Å². The van der Waals surface area contributed by atoms with Gasteiger partial charge in [-0.2, -0.15) is 4.99 Å². The second-order valence-corrected chi connectivity index (χ2v) is 7.54. The number of fused-ring (bicyclic) bond motifs is 1. The lowest BCUT2D eigenvalue weighted by Crippen LogP contribution is -2.20. The summed E-state index contributed by atoms with van der Waals surface area (Å²) in [6.07, 6.45) is 0.0848. The van der Waals surface area contributed by atoms with Crippen molar-refractivity contribution < 1.29 is 13.9 Å². The van der Waals surface area contributed by atoms with Gasteiger partial charge < -0.3 is 9.30 Å². The molecular weight excluding hydrogens is 410 g/mol. The van der Waals surface area contributed by atoms with Crippen LogP contribution in [0.2, 0.25) is 10.0 Å². The molecule has 1 heterocycles. The number of ether oxygens (including phenoxy) is 1. The number of thiazole rings is 1. The first kappa shape index (κ1) is 20.0. The van der Waals surface area contributed by atoms with E-state index < -0.39 is 0 Å². The second-order valence-electron chi connectivity index (χ2n) is 5.75. The van der Waals surface area contributed by atoms with Crippen molar-refractivity contribution in [3.05, 3.63) is 62.6 Å². The van der Waals surface area contributed by atoms with E-state index in [2.05, 4.69) is 4.99 Å². The Bertz CT molecular complexity index is 1030. The van der Waals surface area contributed by atoms with E-state index in [4.69, 9.17) is 27.9 Å². The Morgan fingerprint density at radius 3 is 2.59 bits per heavy atom. The van der Waals surface area contributed by atoms with Gasteiger partial charge in [0.05, 0.1) is 33.3 Å². The minimum absolute atomic E-state index is 0.0848. The van der Waals surface area contributed by atoms with Crippen LogP contribution in [-0.4, -0.2) is 23.7 Å². The fourth-order valence-corrected chi connectivity index (χ4v) is 4.32. The predicted molar refractivity (Wildman–Crippen MR) is 107 cm³/mol. The average Bonchev–Trinajstić information content (AvgIpc) is 3.00. The minimum Gasteiger partial charge on any atom is -0.380 e.